The summed E-state index contributed by atoms with van der Waals surface area (Å²) in [6.45, 7) is 0. The number of benzene rings is 2. The van der Waals surface area contributed by atoms with Gasteiger partial charge >= 0.3 is 0 Å². The Morgan fingerprint density at radius 1 is 0.533 bits per heavy atom. The first-order valence-electron chi connectivity index (χ1n) is 18.4. The summed E-state index contributed by atoms with van der Waals surface area (Å²) in [5.74, 6) is 16.5. The van der Waals surface area contributed by atoms with Crippen molar-refractivity contribution in [3.63, 3.8) is 0 Å². The van der Waals surface area contributed by atoms with Gasteiger partial charge in [0.15, 0.2) is 0 Å². The van der Waals surface area contributed by atoms with E-state index in [4.69, 9.17) is 9.47 Å². The van der Waals surface area contributed by atoms with Crippen molar-refractivity contribution in [3.05, 3.63) is 46.5 Å². The van der Waals surface area contributed by atoms with Crippen molar-refractivity contribution < 1.29 is 9.47 Å². The van der Waals surface area contributed by atoms with Crippen LogP contribution in [0.15, 0.2) is 35.4 Å². The molecule has 45 heavy (non-hydrogen) atoms. The van der Waals surface area contributed by atoms with Crippen LogP contribution < -0.4 is 9.47 Å². The molecule has 11 aliphatic rings. The molecular formula is C41H42N2O2. The van der Waals surface area contributed by atoms with Crippen LogP contribution in [0.5, 0.6) is 11.5 Å². The molecule has 2 aromatic carbocycles. The van der Waals surface area contributed by atoms with E-state index < -0.39 is 0 Å². The smallest absolute Gasteiger partial charge is 0.130 e. The Morgan fingerprint density at radius 2 is 0.911 bits per heavy atom. The Kier molecular flexibility index (Phi) is 4.53. The standard InChI is InChI=1S/C41H42N2O2/c1-44-40-16-5-3-4-6-17(16)41(45-2)39-19-8-7-18(38(39)40)32-24-11-25(33(19)32)21-10-23-22(9-20(21)24)26-12-27(23)35-29-13-28(34(26)35)36-30(14-42)31(15-43)37(29)36/h3-6,18-29,32-37H,7-13H2,1-2H3. The SMILES string of the molecule is COc1c2c(c(OC)c3ccccc13)C1CCC2C2C3CC(C4CC5C(CC43)C3CC5C4C5CC(C6C(C#N)=C(C#N)C56)C34)C12. The molecule has 0 spiro atoms. The Bertz CT molecular complexity index is 1720. The number of ether oxygens (including phenoxy) is 2. The first kappa shape index (κ1) is 25.2. The molecular weight excluding hydrogens is 552 g/mol. The molecule has 18 atom stereocenters. The van der Waals surface area contributed by atoms with Gasteiger partial charge in [0.1, 0.15) is 11.5 Å². The monoisotopic (exact) mass is 594 g/mol. The number of hydrogen-bond acceptors (Lipinski definition) is 4. The normalized spacial score (nSPS) is 52.4. The van der Waals surface area contributed by atoms with Crippen LogP contribution in [-0.4, -0.2) is 14.2 Å². The van der Waals surface area contributed by atoms with Crippen molar-refractivity contribution in [3.8, 4) is 23.6 Å². The van der Waals surface area contributed by atoms with Crippen molar-refractivity contribution in [1.29, 1.82) is 10.5 Å². The molecule has 0 aliphatic heterocycles. The average Bonchev–Trinajstić information content (AvgIpc) is 3.90. The van der Waals surface area contributed by atoms with Crippen molar-refractivity contribution in [2.75, 3.05) is 14.2 Å². The summed E-state index contributed by atoms with van der Waals surface area (Å²) in [5, 5.41) is 22.3. The predicted octanol–water partition coefficient (Wildman–Crippen LogP) is 8.09. The fourth-order valence-corrected chi connectivity index (χ4v) is 17.1. The van der Waals surface area contributed by atoms with Crippen molar-refractivity contribution in [2.24, 2.45) is 94.7 Å². The van der Waals surface area contributed by atoms with Gasteiger partial charge in [0, 0.05) is 44.9 Å². The lowest BCUT2D eigenvalue weighted by atomic mass is 9.45. The van der Waals surface area contributed by atoms with Gasteiger partial charge in [-0.15, -0.1) is 0 Å². The third-order valence-corrected chi connectivity index (χ3v) is 17.4. The Labute approximate surface area is 266 Å². The molecule has 11 aliphatic carbocycles. The number of rotatable bonds is 2. The number of nitriles is 2. The highest BCUT2D eigenvalue weighted by Crippen LogP contribution is 2.81. The molecule has 8 bridgehead atoms. The van der Waals surface area contributed by atoms with Crippen LogP contribution in [0.1, 0.15) is 67.9 Å². The number of fused-ring (bicyclic) bond motifs is 22. The van der Waals surface area contributed by atoms with Gasteiger partial charge in [0.05, 0.1) is 26.4 Å². The van der Waals surface area contributed by atoms with E-state index in [1.165, 1.54) is 66.8 Å². The Hall–Kier alpha value is -2.98. The van der Waals surface area contributed by atoms with Crippen LogP contribution in [0.25, 0.3) is 10.8 Å². The van der Waals surface area contributed by atoms with Crippen LogP contribution >= 0.6 is 0 Å². The molecule has 18 unspecified atom stereocenters. The zero-order valence-corrected chi connectivity index (χ0v) is 26.4. The maximum atomic E-state index is 9.93. The molecule has 0 radical (unpaired) electrons. The second kappa shape index (κ2) is 8.11. The van der Waals surface area contributed by atoms with Crippen LogP contribution in [0.3, 0.4) is 0 Å². The lowest BCUT2D eigenvalue weighted by Crippen LogP contribution is -2.52. The van der Waals surface area contributed by atoms with Crippen LogP contribution in [0.2, 0.25) is 0 Å². The van der Waals surface area contributed by atoms with Crippen molar-refractivity contribution in [2.45, 2.75) is 56.8 Å². The molecule has 0 N–H and O–H groups in total. The highest BCUT2D eigenvalue weighted by molar-refractivity contribution is 5.97. The van der Waals surface area contributed by atoms with Crippen LogP contribution in [-0.2, 0) is 0 Å². The molecule has 8 fully saturated rings. The third-order valence-electron chi connectivity index (χ3n) is 17.4. The highest BCUT2D eigenvalue weighted by Gasteiger charge is 2.75. The summed E-state index contributed by atoms with van der Waals surface area (Å²) in [5.41, 5.74) is 4.84. The first-order valence-corrected chi connectivity index (χ1v) is 18.4. The van der Waals surface area contributed by atoms with E-state index in [0.29, 0.717) is 35.5 Å². The number of methoxy groups -OCH3 is 2. The zero-order chi connectivity index (χ0) is 29.6. The second-order valence-electron chi connectivity index (χ2n) is 17.5. The molecule has 2 aromatic rings. The Balaban J connectivity index is 0.914. The zero-order valence-electron chi connectivity index (χ0n) is 26.4. The fraction of sp³-hybridized carbons (Fsp3) is 0.659. The van der Waals surface area contributed by atoms with E-state index in [-0.39, 0.29) is 0 Å². The highest BCUT2D eigenvalue weighted by atomic mass is 16.5. The molecule has 0 amide bonds. The van der Waals surface area contributed by atoms with Gasteiger partial charge in [-0.1, -0.05) is 24.3 Å². The minimum absolute atomic E-state index is 0.439. The lowest BCUT2D eigenvalue weighted by Gasteiger charge is -2.59. The van der Waals surface area contributed by atoms with E-state index in [2.05, 4.69) is 36.4 Å². The van der Waals surface area contributed by atoms with Gasteiger partial charge in [-0.3, -0.25) is 0 Å². The molecule has 0 saturated heterocycles. The van der Waals surface area contributed by atoms with Gasteiger partial charge in [0.25, 0.3) is 0 Å². The minimum atomic E-state index is 0.439. The summed E-state index contributed by atoms with van der Waals surface area (Å²) in [6, 6.07) is 13.8. The first-order chi connectivity index (χ1) is 22.2. The molecule has 228 valence electrons. The fourth-order valence-electron chi connectivity index (χ4n) is 17.1. The minimum Gasteiger partial charge on any atom is -0.496 e. The maximum absolute atomic E-state index is 9.93. The summed E-state index contributed by atoms with van der Waals surface area (Å²) >= 11 is 0. The van der Waals surface area contributed by atoms with E-state index >= 15 is 0 Å². The number of allylic oxidation sites excluding steroid dienone is 2. The van der Waals surface area contributed by atoms with Gasteiger partial charge in [-0.25, -0.2) is 0 Å². The summed E-state index contributed by atoms with van der Waals surface area (Å²) < 4.78 is 12.6. The van der Waals surface area contributed by atoms with Gasteiger partial charge < -0.3 is 9.47 Å². The van der Waals surface area contributed by atoms with E-state index in [9.17, 15) is 10.5 Å². The average molecular weight is 595 g/mol. The molecule has 0 aromatic heterocycles. The van der Waals surface area contributed by atoms with Crippen molar-refractivity contribution in [1.82, 2.24) is 0 Å². The third kappa shape index (κ3) is 2.53. The van der Waals surface area contributed by atoms with Gasteiger partial charge in [0.2, 0.25) is 0 Å². The van der Waals surface area contributed by atoms with E-state index in [1.807, 2.05) is 14.2 Å². The molecule has 0 heterocycles. The quantitative estimate of drug-likeness (QED) is 0.330. The van der Waals surface area contributed by atoms with Gasteiger partial charge in [-0.2, -0.15) is 10.5 Å². The summed E-state index contributed by atoms with van der Waals surface area (Å²) in [6.07, 6.45) is 9.92. The predicted molar refractivity (Wildman–Crippen MR) is 169 cm³/mol. The summed E-state index contributed by atoms with van der Waals surface area (Å²) in [7, 11) is 3.79. The maximum Gasteiger partial charge on any atom is 0.130 e. The number of hydrogen-bond donors (Lipinski definition) is 0. The molecule has 4 nitrogen and oxygen atoms in total. The summed E-state index contributed by atoms with van der Waals surface area (Å²) in [4.78, 5) is 0. The van der Waals surface area contributed by atoms with E-state index in [1.54, 1.807) is 0 Å². The molecule has 13 rings (SSSR count). The number of nitrogens with zero attached hydrogens (tertiary/aromatic N) is 2. The molecule has 8 saturated carbocycles. The largest absolute Gasteiger partial charge is 0.496 e. The Morgan fingerprint density at radius 3 is 1.31 bits per heavy atom. The van der Waals surface area contributed by atoms with Gasteiger partial charge in [-0.05, 0) is 140 Å². The van der Waals surface area contributed by atoms with Crippen LogP contribution in [0.4, 0.5) is 0 Å². The topological polar surface area (TPSA) is 66.0 Å². The van der Waals surface area contributed by atoms with E-state index in [0.717, 1.165) is 93.7 Å². The second-order valence-corrected chi connectivity index (χ2v) is 17.5. The lowest BCUT2D eigenvalue weighted by molar-refractivity contribution is -0.0697. The molecule has 4 heteroatoms. The van der Waals surface area contributed by atoms with Crippen LogP contribution in [0, 0.1) is 117 Å². The van der Waals surface area contributed by atoms with Crippen molar-refractivity contribution >= 4 is 10.8 Å².